The lowest BCUT2D eigenvalue weighted by Gasteiger charge is -2.38. The van der Waals surface area contributed by atoms with Crippen LogP contribution in [0.1, 0.15) is 62.4 Å². The van der Waals surface area contributed by atoms with Gasteiger partial charge < -0.3 is 5.32 Å². The molecule has 3 unspecified atom stereocenters. The van der Waals surface area contributed by atoms with E-state index in [9.17, 15) is 4.79 Å². The maximum atomic E-state index is 12.9. The molecular weight excluding hydrogens is 272 g/mol. The zero-order chi connectivity index (χ0) is 15.7. The van der Waals surface area contributed by atoms with Crippen molar-refractivity contribution in [3.05, 3.63) is 29.3 Å². The Labute approximate surface area is 134 Å². The lowest BCUT2D eigenvalue weighted by molar-refractivity contribution is 0.0661. The number of hydrogen-bond acceptors (Lipinski definition) is 3. The quantitative estimate of drug-likeness (QED) is 0.857. The van der Waals surface area contributed by atoms with Gasteiger partial charge in [-0.1, -0.05) is 13.3 Å². The van der Waals surface area contributed by atoms with E-state index in [-0.39, 0.29) is 11.8 Å². The molecular formula is C19H28N2O. The molecule has 0 amide bonds. The van der Waals surface area contributed by atoms with E-state index in [4.69, 9.17) is 0 Å². The third-order valence-electron chi connectivity index (χ3n) is 5.34. The van der Waals surface area contributed by atoms with E-state index >= 15 is 0 Å². The van der Waals surface area contributed by atoms with Crippen molar-refractivity contribution in [3.8, 4) is 0 Å². The van der Waals surface area contributed by atoms with E-state index in [1.807, 2.05) is 6.07 Å². The van der Waals surface area contributed by atoms with Gasteiger partial charge in [0.25, 0.3) is 0 Å². The molecule has 0 saturated carbocycles. The number of rotatable bonds is 4. The van der Waals surface area contributed by atoms with Crippen molar-refractivity contribution in [2.45, 2.75) is 71.0 Å². The second-order valence-electron chi connectivity index (χ2n) is 6.96. The molecule has 3 heteroatoms. The van der Waals surface area contributed by atoms with Crippen LogP contribution < -0.4 is 5.32 Å². The number of likely N-dealkylation sites (tertiary alicyclic amines) is 1. The summed E-state index contributed by atoms with van der Waals surface area (Å²) in [7, 11) is 0. The van der Waals surface area contributed by atoms with Crippen LogP contribution in [0.15, 0.2) is 18.2 Å². The van der Waals surface area contributed by atoms with E-state index in [2.05, 4.69) is 43.1 Å². The molecule has 1 aromatic carbocycles. The smallest absolute Gasteiger partial charge is 0.179 e. The molecule has 0 aromatic heterocycles. The van der Waals surface area contributed by atoms with Crippen LogP contribution in [0.5, 0.6) is 0 Å². The highest BCUT2D eigenvalue weighted by Crippen LogP contribution is 2.28. The number of hydrogen-bond donors (Lipinski definition) is 1. The van der Waals surface area contributed by atoms with Gasteiger partial charge in [-0.3, -0.25) is 9.69 Å². The van der Waals surface area contributed by atoms with Crippen molar-refractivity contribution >= 4 is 11.5 Å². The second-order valence-corrected chi connectivity index (χ2v) is 6.96. The maximum Gasteiger partial charge on any atom is 0.179 e. The molecule has 0 spiro atoms. The fourth-order valence-electron chi connectivity index (χ4n) is 4.07. The van der Waals surface area contributed by atoms with Gasteiger partial charge in [-0.2, -0.15) is 0 Å². The van der Waals surface area contributed by atoms with E-state index in [1.165, 1.54) is 30.5 Å². The van der Waals surface area contributed by atoms with Gasteiger partial charge in [0.05, 0.1) is 6.04 Å². The Bertz CT molecular complexity index is 554. The van der Waals surface area contributed by atoms with Crippen molar-refractivity contribution in [1.82, 2.24) is 4.90 Å². The van der Waals surface area contributed by atoms with Gasteiger partial charge in [-0.15, -0.1) is 0 Å². The van der Waals surface area contributed by atoms with Crippen molar-refractivity contribution < 1.29 is 4.79 Å². The summed E-state index contributed by atoms with van der Waals surface area (Å²) in [5, 5.41) is 3.45. The first kappa shape index (κ1) is 15.5. The molecule has 3 nitrogen and oxygen atoms in total. The number of carbonyl (C=O) groups is 1. The number of carbonyl (C=O) groups excluding carboxylic acids is 1. The van der Waals surface area contributed by atoms with Gasteiger partial charge in [0.2, 0.25) is 0 Å². The molecule has 3 rings (SSSR count). The minimum atomic E-state index is -0.00455. The molecule has 3 atom stereocenters. The highest BCUT2D eigenvalue weighted by atomic mass is 16.1. The third-order valence-corrected chi connectivity index (χ3v) is 5.34. The minimum absolute atomic E-state index is 0.00455. The number of Topliss-reactive ketones (excluding diaryl/α,β-unsaturated/α-hetero) is 1. The minimum Gasteiger partial charge on any atom is -0.382 e. The molecule has 0 aliphatic carbocycles. The standard InChI is InChI=1S/C19H28N2O/c1-4-17-7-5-6-10-21(17)14(3)19(22)15-8-9-18-16(12-15)11-13(2)20-18/h8-9,12-14,17,20H,4-7,10-11H2,1-3H3. The Hall–Kier alpha value is -1.35. The van der Waals surface area contributed by atoms with Crippen molar-refractivity contribution in [2.24, 2.45) is 0 Å². The molecule has 1 fully saturated rings. The Morgan fingerprint density at radius 1 is 1.41 bits per heavy atom. The third kappa shape index (κ3) is 2.91. The van der Waals surface area contributed by atoms with Crippen LogP contribution in [0.4, 0.5) is 5.69 Å². The average molecular weight is 300 g/mol. The summed E-state index contributed by atoms with van der Waals surface area (Å²) in [6.45, 7) is 7.58. The largest absolute Gasteiger partial charge is 0.382 e. The van der Waals surface area contributed by atoms with Gasteiger partial charge in [0, 0.05) is 23.3 Å². The van der Waals surface area contributed by atoms with E-state index in [0.29, 0.717) is 12.1 Å². The molecule has 0 bridgehead atoms. The van der Waals surface area contributed by atoms with Crippen LogP contribution in [0.25, 0.3) is 0 Å². The normalized spacial score (nSPS) is 26.3. The van der Waals surface area contributed by atoms with Crippen LogP contribution in [-0.4, -0.2) is 35.4 Å². The first-order valence-corrected chi connectivity index (χ1v) is 8.79. The fraction of sp³-hybridized carbons (Fsp3) is 0.632. The molecule has 1 aromatic rings. The van der Waals surface area contributed by atoms with Crippen LogP contribution in [0.2, 0.25) is 0 Å². The SMILES string of the molecule is CCC1CCCCN1C(C)C(=O)c1ccc2c(c1)CC(C)N2. The zero-order valence-corrected chi connectivity index (χ0v) is 14.1. The number of piperidine rings is 1. The number of fused-ring (bicyclic) bond motifs is 1. The van der Waals surface area contributed by atoms with E-state index in [1.54, 1.807) is 0 Å². The van der Waals surface area contributed by atoms with Crippen molar-refractivity contribution in [3.63, 3.8) is 0 Å². The summed E-state index contributed by atoms with van der Waals surface area (Å²) in [4.78, 5) is 15.4. The summed E-state index contributed by atoms with van der Waals surface area (Å²) in [5.41, 5.74) is 3.36. The van der Waals surface area contributed by atoms with Crippen molar-refractivity contribution in [2.75, 3.05) is 11.9 Å². The maximum absolute atomic E-state index is 12.9. The fourth-order valence-corrected chi connectivity index (χ4v) is 4.07. The number of nitrogens with zero attached hydrogens (tertiary/aromatic N) is 1. The van der Waals surface area contributed by atoms with Crippen molar-refractivity contribution in [1.29, 1.82) is 0 Å². The first-order chi connectivity index (χ1) is 10.6. The number of nitrogens with one attached hydrogen (secondary N) is 1. The molecule has 1 saturated heterocycles. The Balaban J connectivity index is 1.77. The van der Waals surface area contributed by atoms with E-state index in [0.717, 1.165) is 24.9 Å². The topological polar surface area (TPSA) is 32.3 Å². The molecule has 2 heterocycles. The van der Waals surface area contributed by atoms with Gasteiger partial charge in [0.1, 0.15) is 0 Å². The number of ketones is 1. The first-order valence-electron chi connectivity index (χ1n) is 8.79. The molecule has 2 aliphatic heterocycles. The van der Waals surface area contributed by atoms with Gasteiger partial charge in [-0.05, 0) is 69.8 Å². The highest BCUT2D eigenvalue weighted by Gasteiger charge is 2.30. The molecule has 120 valence electrons. The lowest BCUT2D eigenvalue weighted by atomic mass is 9.94. The molecule has 1 N–H and O–H groups in total. The Morgan fingerprint density at radius 3 is 3.00 bits per heavy atom. The van der Waals surface area contributed by atoms with Gasteiger partial charge in [0.15, 0.2) is 5.78 Å². The average Bonchev–Trinajstić information content (AvgIpc) is 2.92. The van der Waals surface area contributed by atoms with Crippen LogP contribution in [0.3, 0.4) is 0 Å². The number of benzene rings is 1. The zero-order valence-electron chi connectivity index (χ0n) is 14.1. The molecule has 22 heavy (non-hydrogen) atoms. The van der Waals surface area contributed by atoms with Gasteiger partial charge in [-0.25, -0.2) is 0 Å². The predicted molar refractivity (Wildman–Crippen MR) is 91.7 cm³/mol. The lowest BCUT2D eigenvalue weighted by Crippen LogP contribution is -2.48. The Morgan fingerprint density at radius 2 is 2.23 bits per heavy atom. The predicted octanol–water partition coefficient (Wildman–Crippen LogP) is 3.88. The monoisotopic (exact) mass is 300 g/mol. The second kappa shape index (κ2) is 6.41. The molecule has 0 radical (unpaired) electrons. The molecule has 2 aliphatic rings. The number of anilines is 1. The summed E-state index contributed by atoms with van der Waals surface area (Å²) in [6, 6.07) is 7.22. The summed E-state index contributed by atoms with van der Waals surface area (Å²) in [5.74, 6) is 0.280. The van der Waals surface area contributed by atoms with Crippen LogP contribution in [0, 0.1) is 0 Å². The van der Waals surface area contributed by atoms with E-state index < -0.39 is 0 Å². The Kier molecular flexibility index (Phi) is 4.53. The van der Waals surface area contributed by atoms with Gasteiger partial charge >= 0.3 is 0 Å². The summed E-state index contributed by atoms with van der Waals surface area (Å²) >= 11 is 0. The van der Waals surface area contributed by atoms with Crippen LogP contribution >= 0.6 is 0 Å². The van der Waals surface area contributed by atoms with Crippen LogP contribution in [-0.2, 0) is 6.42 Å². The summed E-state index contributed by atoms with van der Waals surface area (Å²) in [6.07, 6.45) is 5.92. The highest BCUT2D eigenvalue weighted by molar-refractivity contribution is 6.00. The summed E-state index contributed by atoms with van der Waals surface area (Å²) < 4.78 is 0.